The lowest BCUT2D eigenvalue weighted by molar-refractivity contribution is -0.142. The summed E-state index contributed by atoms with van der Waals surface area (Å²) in [5.74, 6) is -3.91. The number of hydrogen-bond acceptors (Lipinski definition) is 8. The smallest absolute Gasteiger partial charge is 0.326 e. The zero-order valence-corrected chi connectivity index (χ0v) is 21.4. The molecule has 0 aliphatic carbocycles. The molecule has 208 valence electrons. The molecule has 1 heterocycles. The molecule has 1 aromatic rings. The normalized spacial score (nSPS) is 14.3. The Balaban J connectivity index is 2.98. The van der Waals surface area contributed by atoms with Crippen LogP contribution in [0.5, 0.6) is 0 Å². The first kappa shape index (κ1) is 31.5. The fourth-order valence-corrected chi connectivity index (χ4v) is 3.56. The maximum absolute atomic E-state index is 13.1. The van der Waals surface area contributed by atoms with Crippen LogP contribution in [0.3, 0.4) is 0 Å². The number of carbonyl (C=O) groups excluding carboxylic acids is 4. The number of rotatable bonds is 18. The molecule has 14 heteroatoms. The molecule has 0 aliphatic heterocycles. The van der Waals surface area contributed by atoms with Crippen molar-refractivity contribution >= 4 is 29.6 Å². The van der Waals surface area contributed by atoms with E-state index in [0.29, 0.717) is 25.1 Å². The van der Waals surface area contributed by atoms with Crippen LogP contribution in [-0.2, 0) is 30.4 Å². The number of H-pyrrole nitrogens is 1. The Hall–Kier alpha value is -3.52. The summed E-state index contributed by atoms with van der Waals surface area (Å²) in [6, 6.07) is -4.43. The SMILES string of the molecule is CC(C)CC(NC(=O)C(CCCCN)NC(=O)C(CCC(N)=O)NC(=O)C(N)Cc1cnc[nH]1)C(=O)O. The summed E-state index contributed by atoms with van der Waals surface area (Å²) in [7, 11) is 0. The molecular weight excluding hydrogens is 484 g/mol. The highest BCUT2D eigenvalue weighted by Crippen LogP contribution is 2.09. The number of nitrogens with two attached hydrogens (primary N) is 3. The molecule has 0 spiro atoms. The van der Waals surface area contributed by atoms with Gasteiger partial charge in [-0.25, -0.2) is 9.78 Å². The Labute approximate surface area is 215 Å². The zero-order valence-electron chi connectivity index (χ0n) is 21.4. The number of primary amides is 1. The third-order valence-electron chi connectivity index (χ3n) is 5.55. The van der Waals surface area contributed by atoms with Gasteiger partial charge in [-0.15, -0.1) is 0 Å². The Morgan fingerprint density at radius 3 is 2.08 bits per heavy atom. The van der Waals surface area contributed by atoms with Crippen molar-refractivity contribution in [2.45, 2.75) is 83.0 Å². The molecule has 0 bridgehead atoms. The maximum atomic E-state index is 13.1. The second kappa shape index (κ2) is 16.3. The van der Waals surface area contributed by atoms with Gasteiger partial charge in [0.25, 0.3) is 0 Å². The summed E-state index contributed by atoms with van der Waals surface area (Å²) in [6.07, 6.45) is 4.23. The maximum Gasteiger partial charge on any atom is 0.326 e. The van der Waals surface area contributed by atoms with Crippen molar-refractivity contribution in [3.05, 3.63) is 18.2 Å². The number of aromatic nitrogens is 2. The van der Waals surface area contributed by atoms with Gasteiger partial charge in [0, 0.05) is 24.7 Å². The molecule has 0 radical (unpaired) electrons. The number of hydrogen-bond donors (Lipinski definition) is 8. The van der Waals surface area contributed by atoms with Crippen molar-refractivity contribution in [2.24, 2.45) is 23.1 Å². The van der Waals surface area contributed by atoms with Gasteiger partial charge in [-0.2, -0.15) is 0 Å². The van der Waals surface area contributed by atoms with Crippen molar-refractivity contribution in [2.75, 3.05) is 6.54 Å². The highest BCUT2D eigenvalue weighted by Gasteiger charge is 2.30. The molecular formula is C23H40N8O6. The predicted octanol–water partition coefficient (Wildman–Crippen LogP) is -1.74. The first-order chi connectivity index (χ1) is 17.4. The monoisotopic (exact) mass is 524 g/mol. The largest absolute Gasteiger partial charge is 0.480 e. The second-order valence-electron chi connectivity index (χ2n) is 9.33. The number of amides is 4. The van der Waals surface area contributed by atoms with E-state index in [9.17, 15) is 29.1 Å². The Kier molecular flexibility index (Phi) is 13.9. The van der Waals surface area contributed by atoms with E-state index >= 15 is 0 Å². The van der Waals surface area contributed by atoms with Gasteiger partial charge >= 0.3 is 5.97 Å². The van der Waals surface area contributed by atoms with Gasteiger partial charge in [-0.05, 0) is 44.6 Å². The fraction of sp³-hybridized carbons (Fsp3) is 0.652. The molecule has 4 unspecified atom stereocenters. The standard InChI is InChI=1S/C23H40N8O6/c1-13(2)9-18(23(36)37)31-21(34)16(5-3-4-8-24)30-22(35)17(6-7-19(26)32)29-20(33)15(25)10-14-11-27-12-28-14/h11-13,15-18H,3-10,24-25H2,1-2H3,(H2,26,32)(H,27,28)(H,29,33)(H,30,35)(H,31,34)(H,36,37). The molecule has 37 heavy (non-hydrogen) atoms. The van der Waals surface area contributed by atoms with Crippen LogP contribution in [0, 0.1) is 5.92 Å². The Bertz CT molecular complexity index is 892. The van der Waals surface area contributed by atoms with Gasteiger partial charge < -0.3 is 43.2 Å². The van der Waals surface area contributed by atoms with Crippen LogP contribution >= 0.6 is 0 Å². The van der Waals surface area contributed by atoms with Gasteiger partial charge in [0.05, 0.1) is 12.4 Å². The van der Waals surface area contributed by atoms with Crippen LogP contribution in [0.1, 0.15) is 58.1 Å². The number of aromatic amines is 1. The molecule has 0 saturated heterocycles. The van der Waals surface area contributed by atoms with E-state index in [-0.39, 0.29) is 38.0 Å². The quantitative estimate of drug-likeness (QED) is 0.101. The van der Waals surface area contributed by atoms with Crippen molar-refractivity contribution in [1.29, 1.82) is 0 Å². The van der Waals surface area contributed by atoms with Gasteiger partial charge in [-0.3, -0.25) is 19.2 Å². The van der Waals surface area contributed by atoms with E-state index < -0.39 is 53.8 Å². The number of nitrogens with one attached hydrogen (secondary N) is 4. The van der Waals surface area contributed by atoms with E-state index in [1.165, 1.54) is 12.5 Å². The third kappa shape index (κ3) is 12.3. The Morgan fingerprint density at radius 2 is 1.57 bits per heavy atom. The first-order valence-electron chi connectivity index (χ1n) is 12.3. The minimum Gasteiger partial charge on any atom is -0.480 e. The van der Waals surface area contributed by atoms with E-state index in [1.54, 1.807) is 0 Å². The van der Waals surface area contributed by atoms with Crippen LogP contribution in [-0.4, -0.2) is 75.4 Å². The van der Waals surface area contributed by atoms with Crippen molar-refractivity contribution in [3.8, 4) is 0 Å². The molecule has 4 amide bonds. The van der Waals surface area contributed by atoms with E-state index in [2.05, 4.69) is 25.9 Å². The lowest BCUT2D eigenvalue weighted by Gasteiger charge is -2.25. The third-order valence-corrected chi connectivity index (χ3v) is 5.55. The van der Waals surface area contributed by atoms with E-state index in [1.807, 2.05) is 13.8 Å². The molecule has 0 aromatic carbocycles. The number of nitrogens with zero attached hydrogens (tertiary/aromatic N) is 1. The van der Waals surface area contributed by atoms with Crippen LogP contribution in [0.4, 0.5) is 0 Å². The highest BCUT2D eigenvalue weighted by molar-refractivity contribution is 5.94. The summed E-state index contributed by atoms with van der Waals surface area (Å²) in [4.78, 5) is 68.4. The predicted molar refractivity (Wildman–Crippen MR) is 134 cm³/mol. The molecule has 0 aliphatic rings. The summed E-state index contributed by atoms with van der Waals surface area (Å²) in [5.41, 5.74) is 17.3. The topological polar surface area (TPSA) is 248 Å². The summed E-state index contributed by atoms with van der Waals surface area (Å²) in [6.45, 7) is 4.02. The summed E-state index contributed by atoms with van der Waals surface area (Å²) < 4.78 is 0. The number of unbranched alkanes of at least 4 members (excludes halogenated alkanes) is 1. The van der Waals surface area contributed by atoms with E-state index in [4.69, 9.17) is 17.2 Å². The average Bonchev–Trinajstić information content (AvgIpc) is 3.32. The molecule has 1 rings (SSSR count). The number of aliphatic carboxylic acids is 1. The molecule has 4 atom stereocenters. The molecule has 0 saturated carbocycles. The molecule has 1 aromatic heterocycles. The molecule has 14 nitrogen and oxygen atoms in total. The number of imidazole rings is 1. The summed E-state index contributed by atoms with van der Waals surface area (Å²) >= 11 is 0. The van der Waals surface area contributed by atoms with Gasteiger partial charge in [0.2, 0.25) is 23.6 Å². The van der Waals surface area contributed by atoms with Crippen molar-refractivity contribution in [3.63, 3.8) is 0 Å². The fourth-order valence-electron chi connectivity index (χ4n) is 3.56. The molecule has 0 fully saturated rings. The number of carbonyl (C=O) groups is 5. The minimum atomic E-state index is -1.21. The van der Waals surface area contributed by atoms with Crippen LogP contribution < -0.4 is 33.2 Å². The molecule has 11 N–H and O–H groups in total. The van der Waals surface area contributed by atoms with Crippen LogP contribution in [0.2, 0.25) is 0 Å². The van der Waals surface area contributed by atoms with Crippen LogP contribution in [0.15, 0.2) is 12.5 Å². The lowest BCUT2D eigenvalue weighted by atomic mass is 10.0. The Morgan fingerprint density at radius 1 is 0.973 bits per heavy atom. The van der Waals surface area contributed by atoms with E-state index in [0.717, 1.165) is 0 Å². The minimum absolute atomic E-state index is 0.00559. The lowest BCUT2D eigenvalue weighted by Crippen LogP contribution is -2.57. The first-order valence-corrected chi connectivity index (χ1v) is 12.3. The highest BCUT2D eigenvalue weighted by atomic mass is 16.4. The van der Waals surface area contributed by atoms with Crippen molar-refractivity contribution in [1.82, 2.24) is 25.9 Å². The number of carboxylic acid groups (broad SMARTS) is 1. The van der Waals surface area contributed by atoms with Gasteiger partial charge in [-0.1, -0.05) is 13.8 Å². The van der Waals surface area contributed by atoms with Crippen LogP contribution in [0.25, 0.3) is 0 Å². The average molecular weight is 525 g/mol. The van der Waals surface area contributed by atoms with Crippen molar-refractivity contribution < 1.29 is 29.1 Å². The van der Waals surface area contributed by atoms with Gasteiger partial charge in [0.1, 0.15) is 18.1 Å². The number of carboxylic acids is 1. The van der Waals surface area contributed by atoms with Gasteiger partial charge in [0.15, 0.2) is 0 Å². The second-order valence-corrected chi connectivity index (χ2v) is 9.33. The summed E-state index contributed by atoms with van der Waals surface area (Å²) in [5, 5.41) is 17.0. The zero-order chi connectivity index (χ0) is 28.0.